The van der Waals surface area contributed by atoms with Gasteiger partial charge in [-0.1, -0.05) is 16.8 Å². The zero-order valence-electron chi connectivity index (χ0n) is 17.8. The number of benzene rings is 1. The van der Waals surface area contributed by atoms with Crippen molar-refractivity contribution < 1.29 is 22.5 Å². The summed E-state index contributed by atoms with van der Waals surface area (Å²) < 4.78 is 37.5. The molecule has 4 rings (SSSR count). The summed E-state index contributed by atoms with van der Waals surface area (Å²) in [6.45, 7) is 0.764. The highest BCUT2D eigenvalue weighted by Crippen LogP contribution is 2.25. The van der Waals surface area contributed by atoms with Gasteiger partial charge in [0.2, 0.25) is 21.7 Å². The Balaban J connectivity index is 1.20. The van der Waals surface area contributed by atoms with Crippen molar-refractivity contribution in [2.24, 2.45) is 5.92 Å². The molecule has 3 heterocycles. The minimum Gasteiger partial charge on any atom is -0.465 e. The smallest absolute Gasteiger partial charge is 0.309 e. The zero-order valence-corrected chi connectivity index (χ0v) is 19.3. The molecule has 33 heavy (non-hydrogen) atoms. The molecule has 0 spiro atoms. The lowest BCUT2D eigenvalue weighted by Crippen LogP contribution is -2.40. The number of aryl methyl sites for hydroxylation is 1. The summed E-state index contributed by atoms with van der Waals surface area (Å²) in [7, 11) is -3.60. The van der Waals surface area contributed by atoms with Crippen LogP contribution >= 0.6 is 11.6 Å². The number of nitrogens with zero attached hydrogens (tertiary/aromatic N) is 4. The first-order chi connectivity index (χ1) is 15.9. The van der Waals surface area contributed by atoms with Crippen LogP contribution in [-0.4, -0.2) is 53.5 Å². The van der Waals surface area contributed by atoms with Gasteiger partial charge in [0.25, 0.3) is 0 Å². The van der Waals surface area contributed by atoms with Crippen LogP contribution in [-0.2, 0) is 26.0 Å². The van der Waals surface area contributed by atoms with Gasteiger partial charge in [-0.3, -0.25) is 9.78 Å². The van der Waals surface area contributed by atoms with Crippen LogP contribution in [0.3, 0.4) is 0 Å². The first-order valence-electron chi connectivity index (χ1n) is 10.6. The van der Waals surface area contributed by atoms with Gasteiger partial charge in [0, 0.05) is 42.5 Å². The van der Waals surface area contributed by atoms with Gasteiger partial charge in [-0.05, 0) is 55.7 Å². The van der Waals surface area contributed by atoms with Crippen molar-refractivity contribution in [3.63, 3.8) is 0 Å². The Labute approximate surface area is 196 Å². The molecule has 0 amide bonds. The number of hydrogen-bond donors (Lipinski definition) is 0. The highest BCUT2D eigenvalue weighted by molar-refractivity contribution is 7.89. The minimum atomic E-state index is -3.60. The molecule has 1 aliphatic rings. The van der Waals surface area contributed by atoms with Crippen molar-refractivity contribution in [2.75, 3.05) is 19.7 Å². The number of pyridine rings is 1. The number of sulfonamides is 1. The van der Waals surface area contributed by atoms with Crippen LogP contribution in [0.2, 0.25) is 5.02 Å². The Morgan fingerprint density at radius 3 is 2.64 bits per heavy atom. The Kier molecular flexibility index (Phi) is 7.36. The van der Waals surface area contributed by atoms with Crippen molar-refractivity contribution >= 4 is 27.6 Å². The second kappa shape index (κ2) is 10.4. The minimum absolute atomic E-state index is 0.195. The Morgan fingerprint density at radius 1 is 1.18 bits per heavy atom. The van der Waals surface area contributed by atoms with Crippen molar-refractivity contribution in [2.45, 2.75) is 30.6 Å². The molecule has 0 aliphatic carbocycles. The van der Waals surface area contributed by atoms with Gasteiger partial charge >= 0.3 is 5.97 Å². The third-order valence-electron chi connectivity index (χ3n) is 5.41. The number of carbonyl (C=O) groups is 1. The predicted molar refractivity (Wildman–Crippen MR) is 120 cm³/mol. The molecule has 1 aliphatic heterocycles. The van der Waals surface area contributed by atoms with Gasteiger partial charge < -0.3 is 9.26 Å². The van der Waals surface area contributed by atoms with Gasteiger partial charge in [-0.25, -0.2) is 8.42 Å². The highest BCUT2D eigenvalue weighted by Gasteiger charge is 2.32. The zero-order chi connectivity index (χ0) is 23.3. The number of esters is 1. The van der Waals surface area contributed by atoms with E-state index in [0.717, 1.165) is 5.56 Å². The third-order valence-corrected chi connectivity index (χ3v) is 7.57. The van der Waals surface area contributed by atoms with Crippen molar-refractivity contribution in [3.05, 3.63) is 59.7 Å². The second-order valence-electron chi connectivity index (χ2n) is 7.66. The molecule has 1 aromatic carbocycles. The molecule has 2 aromatic heterocycles. The monoisotopic (exact) mass is 490 g/mol. The number of hydrogen-bond acceptors (Lipinski definition) is 8. The van der Waals surface area contributed by atoms with Gasteiger partial charge in [0.1, 0.15) is 0 Å². The summed E-state index contributed by atoms with van der Waals surface area (Å²) in [6.07, 6.45) is 5.19. The first kappa shape index (κ1) is 23.3. The topological polar surface area (TPSA) is 115 Å². The average Bonchev–Trinajstić information content (AvgIpc) is 3.32. The van der Waals surface area contributed by atoms with Crippen molar-refractivity contribution in [3.8, 4) is 11.4 Å². The van der Waals surface area contributed by atoms with E-state index in [2.05, 4.69) is 15.1 Å². The molecule has 3 aromatic rings. The standard InChI is InChI=1S/C22H23ClN4O5S/c23-18-5-7-19(8-6-18)33(29,30)27-12-9-16(10-13-27)22(28)31-14-2-4-20-25-21(26-32-20)17-3-1-11-24-15-17/h1,3,5-8,11,15-16H,2,4,9-10,12-14H2. The molecular weight excluding hydrogens is 468 g/mol. The van der Waals surface area contributed by atoms with Crippen LogP contribution in [0, 0.1) is 5.92 Å². The van der Waals surface area contributed by atoms with Crippen LogP contribution in [0.5, 0.6) is 0 Å². The molecular formula is C22H23ClN4O5S. The molecule has 11 heteroatoms. The molecule has 1 saturated heterocycles. The Bertz CT molecular complexity index is 1180. The molecule has 0 atom stereocenters. The molecule has 1 fully saturated rings. The molecule has 174 valence electrons. The molecule has 0 unspecified atom stereocenters. The van der Waals surface area contributed by atoms with Crippen LogP contribution < -0.4 is 0 Å². The predicted octanol–water partition coefficient (Wildman–Crippen LogP) is 3.36. The number of carbonyl (C=O) groups excluding carboxylic acids is 1. The fourth-order valence-corrected chi connectivity index (χ4v) is 5.17. The van der Waals surface area contributed by atoms with E-state index in [1.165, 1.54) is 16.4 Å². The van der Waals surface area contributed by atoms with E-state index in [1.54, 1.807) is 30.6 Å². The van der Waals surface area contributed by atoms with E-state index >= 15 is 0 Å². The molecule has 0 bridgehead atoms. The maximum atomic E-state index is 12.8. The van der Waals surface area contributed by atoms with E-state index in [-0.39, 0.29) is 36.5 Å². The summed E-state index contributed by atoms with van der Waals surface area (Å²) in [5.41, 5.74) is 0.767. The highest BCUT2D eigenvalue weighted by atomic mass is 35.5. The number of ether oxygens (including phenoxy) is 1. The summed E-state index contributed by atoms with van der Waals surface area (Å²) in [5.74, 6) is 0.309. The SMILES string of the molecule is O=C(OCCCc1nc(-c2cccnc2)no1)C1CCN(S(=O)(=O)c2ccc(Cl)cc2)CC1. The van der Waals surface area contributed by atoms with E-state index < -0.39 is 10.0 Å². The van der Waals surface area contributed by atoms with Gasteiger partial charge in [0.15, 0.2) is 0 Å². The molecule has 9 nitrogen and oxygen atoms in total. The largest absolute Gasteiger partial charge is 0.465 e. The van der Waals surface area contributed by atoms with Crippen LogP contribution in [0.25, 0.3) is 11.4 Å². The molecule has 0 saturated carbocycles. The molecule has 0 N–H and O–H groups in total. The van der Waals surface area contributed by atoms with E-state index in [0.29, 0.717) is 42.4 Å². The van der Waals surface area contributed by atoms with Crippen molar-refractivity contribution in [1.29, 1.82) is 0 Å². The maximum Gasteiger partial charge on any atom is 0.309 e. The van der Waals surface area contributed by atoms with E-state index in [4.69, 9.17) is 20.9 Å². The summed E-state index contributed by atoms with van der Waals surface area (Å²) in [6, 6.07) is 9.71. The fraction of sp³-hybridized carbons (Fsp3) is 0.364. The Morgan fingerprint density at radius 2 is 1.94 bits per heavy atom. The quantitative estimate of drug-likeness (QED) is 0.348. The second-order valence-corrected chi connectivity index (χ2v) is 10.0. The lowest BCUT2D eigenvalue weighted by Gasteiger charge is -2.30. The molecule has 0 radical (unpaired) electrons. The maximum absolute atomic E-state index is 12.8. The fourth-order valence-electron chi connectivity index (χ4n) is 3.57. The number of halogens is 1. The van der Waals surface area contributed by atoms with E-state index in [9.17, 15) is 13.2 Å². The summed E-state index contributed by atoms with van der Waals surface area (Å²) in [5, 5.41) is 4.41. The van der Waals surface area contributed by atoms with Crippen LogP contribution in [0.1, 0.15) is 25.2 Å². The third kappa shape index (κ3) is 5.76. The number of piperidine rings is 1. The van der Waals surface area contributed by atoms with Gasteiger partial charge in [0.05, 0.1) is 17.4 Å². The number of rotatable bonds is 8. The van der Waals surface area contributed by atoms with Gasteiger partial charge in [-0.2, -0.15) is 9.29 Å². The lowest BCUT2D eigenvalue weighted by atomic mass is 9.98. The lowest BCUT2D eigenvalue weighted by molar-refractivity contribution is -0.149. The summed E-state index contributed by atoms with van der Waals surface area (Å²) >= 11 is 5.84. The normalized spacial score (nSPS) is 15.4. The Hall–Kier alpha value is -2.82. The van der Waals surface area contributed by atoms with E-state index in [1.807, 2.05) is 6.07 Å². The first-order valence-corrected chi connectivity index (χ1v) is 12.4. The van der Waals surface area contributed by atoms with Gasteiger partial charge in [-0.15, -0.1) is 0 Å². The van der Waals surface area contributed by atoms with Crippen LogP contribution in [0.4, 0.5) is 0 Å². The van der Waals surface area contributed by atoms with Crippen LogP contribution in [0.15, 0.2) is 58.2 Å². The summed E-state index contributed by atoms with van der Waals surface area (Å²) in [4.78, 5) is 20.9. The number of aromatic nitrogens is 3. The average molecular weight is 491 g/mol. The van der Waals surface area contributed by atoms with Crippen molar-refractivity contribution in [1.82, 2.24) is 19.4 Å².